The van der Waals surface area contributed by atoms with E-state index < -0.39 is 17.2 Å². The van der Waals surface area contributed by atoms with Gasteiger partial charge in [0.25, 0.3) is 0 Å². The highest BCUT2D eigenvalue weighted by atomic mass is 19.2. The van der Waals surface area contributed by atoms with Crippen molar-refractivity contribution < 1.29 is 13.6 Å². The van der Waals surface area contributed by atoms with E-state index in [1.807, 2.05) is 13.8 Å². The third-order valence-electron chi connectivity index (χ3n) is 2.63. The minimum atomic E-state index is -0.968. The van der Waals surface area contributed by atoms with E-state index in [9.17, 15) is 13.6 Å². The Bertz CT molecular complexity index is 433. The number of nitrogens with two attached hydrogens (primary N) is 1. The van der Waals surface area contributed by atoms with E-state index in [0.29, 0.717) is 13.0 Å². The first-order chi connectivity index (χ1) is 8.35. The molecule has 1 amide bonds. The summed E-state index contributed by atoms with van der Waals surface area (Å²) in [5.74, 6) is -2.26. The molecule has 1 rings (SSSR count). The molecule has 0 saturated carbocycles. The number of amides is 1. The van der Waals surface area contributed by atoms with E-state index in [4.69, 9.17) is 5.73 Å². The van der Waals surface area contributed by atoms with Crippen molar-refractivity contribution in [3.8, 4) is 0 Å². The Kier molecular flexibility index (Phi) is 4.78. The zero-order chi connectivity index (χ0) is 13.8. The van der Waals surface area contributed by atoms with E-state index in [1.165, 1.54) is 12.1 Å². The molecule has 0 heterocycles. The summed E-state index contributed by atoms with van der Waals surface area (Å²) in [6.45, 7) is 4.11. The molecule has 1 aromatic carbocycles. The predicted molar refractivity (Wildman–Crippen MR) is 66.0 cm³/mol. The fraction of sp³-hybridized carbons (Fsp3) is 0.462. The summed E-state index contributed by atoms with van der Waals surface area (Å²) in [4.78, 5) is 11.7. The van der Waals surface area contributed by atoms with Gasteiger partial charge < -0.3 is 11.1 Å². The van der Waals surface area contributed by atoms with Crippen molar-refractivity contribution in [2.24, 2.45) is 5.73 Å². The van der Waals surface area contributed by atoms with Crippen LogP contribution >= 0.6 is 0 Å². The molecule has 0 aliphatic rings. The molecule has 3 N–H and O–H groups in total. The topological polar surface area (TPSA) is 55.1 Å². The maximum atomic E-state index is 13.4. The average molecular weight is 256 g/mol. The summed E-state index contributed by atoms with van der Waals surface area (Å²) >= 11 is 0. The van der Waals surface area contributed by atoms with E-state index in [1.54, 1.807) is 0 Å². The molecular formula is C13H18F2N2O. The monoisotopic (exact) mass is 256 g/mol. The molecule has 0 saturated heterocycles. The van der Waals surface area contributed by atoms with Gasteiger partial charge in [0.2, 0.25) is 5.91 Å². The lowest BCUT2D eigenvalue weighted by Crippen LogP contribution is -2.45. The van der Waals surface area contributed by atoms with E-state index >= 15 is 0 Å². The Morgan fingerprint density at radius 3 is 2.67 bits per heavy atom. The molecule has 18 heavy (non-hydrogen) atoms. The van der Waals surface area contributed by atoms with Crippen molar-refractivity contribution in [2.45, 2.75) is 32.2 Å². The molecule has 3 nitrogen and oxygen atoms in total. The van der Waals surface area contributed by atoms with Crippen LogP contribution in [0.15, 0.2) is 18.2 Å². The van der Waals surface area contributed by atoms with E-state index in [-0.39, 0.29) is 17.9 Å². The van der Waals surface area contributed by atoms with Gasteiger partial charge in [-0.3, -0.25) is 4.79 Å². The second-order valence-electron chi connectivity index (χ2n) is 4.86. The largest absolute Gasteiger partial charge is 0.351 e. The fourth-order valence-corrected chi connectivity index (χ4v) is 1.70. The van der Waals surface area contributed by atoms with Crippen molar-refractivity contribution in [3.05, 3.63) is 35.4 Å². The van der Waals surface area contributed by atoms with Gasteiger partial charge in [0.05, 0.1) is 6.42 Å². The second kappa shape index (κ2) is 5.91. The van der Waals surface area contributed by atoms with E-state index in [2.05, 4.69) is 5.32 Å². The van der Waals surface area contributed by atoms with Crippen molar-refractivity contribution in [1.82, 2.24) is 5.32 Å². The first-order valence-electron chi connectivity index (χ1n) is 5.80. The second-order valence-corrected chi connectivity index (χ2v) is 4.86. The summed E-state index contributed by atoms with van der Waals surface area (Å²) in [6.07, 6.45) is 0.433. The Hall–Kier alpha value is -1.49. The summed E-state index contributed by atoms with van der Waals surface area (Å²) in [6, 6.07) is 3.80. The van der Waals surface area contributed by atoms with Crippen LogP contribution in [0.3, 0.4) is 0 Å². The molecular weight excluding hydrogens is 238 g/mol. The summed E-state index contributed by atoms with van der Waals surface area (Å²) in [5, 5.41) is 2.74. The Morgan fingerprint density at radius 2 is 2.06 bits per heavy atom. The molecule has 5 heteroatoms. The molecule has 0 aliphatic heterocycles. The molecule has 1 aromatic rings. The van der Waals surface area contributed by atoms with Crippen LogP contribution in [0.2, 0.25) is 0 Å². The van der Waals surface area contributed by atoms with Crippen molar-refractivity contribution in [1.29, 1.82) is 0 Å². The van der Waals surface area contributed by atoms with Crippen LogP contribution in [0, 0.1) is 11.6 Å². The highest BCUT2D eigenvalue weighted by Gasteiger charge is 2.20. The van der Waals surface area contributed by atoms with Gasteiger partial charge in [-0.2, -0.15) is 0 Å². The predicted octanol–water partition coefficient (Wildman–Crippen LogP) is 1.75. The number of hydrogen-bond acceptors (Lipinski definition) is 2. The van der Waals surface area contributed by atoms with Crippen molar-refractivity contribution in [3.63, 3.8) is 0 Å². The Balaban J connectivity index is 2.68. The molecule has 0 atom stereocenters. The molecule has 0 aliphatic carbocycles. The summed E-state index contributed by atoms with van der Waals surface area (Å²) < 4.78 is 26.3. The quantitative estimate of drug-likeness (QED) is 0.843. The first kappa shape index (κ1) is 14.6. The van der Waals surface area contributed by atoms with Crippen molar-refractivity contribution >= 4 is 5.91 Å². The minimum Gasteiger partial charge on any atom is -0.351 e. The van der Waals surface area contributed by atoms with Crippen molar-refractivity contribution in [2.75, 3.05) is 6.54 Å². The van der Waals surface area contributed by atoms with Crippen LogP contribution in [0.1, 0.15) is 25.8 Å². The van der Waals surface area contributed by atoms with Crippen LogP contribution in [-0.4, -0.2) is 18.0 Å². The maximum Gasteiger partial charge on any atom is 0.224 e. The smallest absolute Gasteiger partial charge is 0.224 e. The minimum absolute atomic E-state index is 0.0519. The Morgan fingerprint density at radius 1 is 1.39 bits per heavy atom. The number of hydrogen-bond donors (Lipinski definition) is 2. The van der Waals surface area contributed by atoms with Crippen LogP contribution in [-0.2, 0) is 11.2 Å². The van der Waals surface area contributed by atoms with E-state index in [0.717, 1.165) is 6.07 Å². The summed E-state index contributed by atoms with van der Waals surface area (Å²) in [5.41, 5.74) is 5.03. The molecule has 100 valence electrons. The van der Waals surface area contributed by atoms with Gasteiger partial charge in [0.1, 0.15) is 0 Å². The van der Waals surface area contributed by atoms with Crippen LogP contribution in [0.4, 0.5) is 8.78 Å². The van der Waals surface area contributed by atoms with Gasteiger partial charge in [-0.25, -0.2) is 8.78 Å². The van der Waals surface area contributed by atoms with Crippen LogP contribution in [0.5, 0.6) is 0 Å². The lowest BCUT2D eigenvalue weighted by atomic mass is 10.00. The first-order valence-corrected chi connectivity index (χ1v) is 5.80. The Labute approximate surface area is 105 Å². The molecule has 0 bridgehead atoms. The number of carbonyl (C=O) groups excluding carboxylic acids is 1. The molecule has 0 radical (unpaired) electrons. The maximum absolute atomic E-state index is 13.4. The van der Waals surface area contributed by atoms with Gasteiger partial charge in [-0.1, -0.05) is 12.1 Å². The number of halogens is 2. The van der Waals surface area contributed by atoms with Gasteiger partial charge in [0, 0.05) is 11.1 Å². The third kappa shape index (κ3) is 4.07. The molecule has 0 fully saturated rings. The van der Waals surface area contributed by atoms with Gasteiger partial charge >= 0.3 is 0 Å². The molecule has 0 unspecified atom stereocenters. The fourth-order valence-electron chi connectivity index (χ4n) is 1.70. The normalized spacial score (nSPS) is 11.4. The number of carbonyl (C=O) groups is 1. The molecule has 0 spiro atoms. The lowest BCUT2D eigenvalue weighted by molar-refractivity contribution is -0.122. The number of nitrogens with one attached hydrogen (secondary N) is 1. The third-order valence-corrected chi connectivity index (χ3v) is 2.63. The highest BCUT2D eigenvalue weighted by Crippen LogP contribution is 2.13. The molecule has 0 aromatic heterocycles. The zero-order valence-electron chi connectivity index (χ0n) is 10.6. The average Bonchev–Trinajstić information content (AvgIpc) is 2.23. The number of benzene rings is 1. The van der Waals surface area contributed by atoms with Gasteiger partial charge in [-0.15, -0.1) is 0 Å². The van der Waals surface area contributed by atoms with Gasteiger partial charge in [-0.05, 0) is 32.9 Å². The van der Waals surface area contributed by atoms with Crippen LogP contribution in [0.25, 0.3) is 0 Å². The lowest BCUT2D eigenvalue weighted by Gasteiger charge is -2.25. The van der Waals surface area contributed by atoms with Gasteiger partial charge in [0.15, 0.2) is 11.6 Å². The standard InChI is InChI=1S/C13H18F2N2O/c1-13(2,6-7-16)17-11(18)8-9-4-3-5-10(14)12(9)15/h3-5H,6-8,16H2,1-2H3,(H,17,18). The summed E-state index contributed by atoms with van der Waals surface area (Å²) in [7, 11) is 0. The van der Waals surface area contributed by atoms with Crippen LogP contribution < -0.4 is 11.1 Å². The highest BCUT2D eigenvalue weighted by molar-refractivity contribution is 5.79. The zero-order valence-corrected chi connectivity index (χ0v) is 10.6. The number of rotatable bonds is 5. The SMILES string of the molecule is CC(C)(CCN)NC(=O)Cc1cccc(F)c1F.